The highest BCUT2D eigenvalue weighted by molar-refractivity contribution is 7.58. The van der Waals surface area contributed by atoms with Gasteiger partial charge in [0.1, 0.15) is 17.4 Å². The Bertz CT molecular complexity index is 637. The third kappa shape index (κ3) is 2.06. The fraction of sp³-hybridized carbons (Fsp3) is 0.333. The fourth-order valence-corrected chi connectivity index (χ4v) is 2.86. The zero-order valence-corrected chi connectivity index (χ0v) is 10.8. The van der Waals surface area contributed by atoms with E-state index in [1.54, 1.807) is 18.2 Å². The van der Waals surface area contributed by atoms with Gasteiger partial charge in [0.25, 0.3) is 5.91 Å². The molecule has 7 heteroatoms. The molecule has 0 saturated carbocycles. The average Bonchev–Trinajstić information content (AvgIpc) is 3.05. The molecule has 1 saturated heterocycles. The van der Waals surface area contributed by atoms with E-state index in [9.17, 15) is 9.59 Å². The first kappa shape index (κ1) is 12.0. The fourth-order valence-electron chi connectivity index (χ4n) is 2.35. The summed E-state index contributed by atoms with van der Waals surface area (Å²) in [6, 6.07) is 4.36. The number of carbonyl (C=O) groups is 2. The summed E-state index contributed by atoms with van der Waals surface area (Å²) < 4.78 is 8.16. The van der Waals surface area contributed by atoms with Gasteiger partial charge in [0.2, 0.25) is 0 Å². The lowest BCUT2D eigenvalue weighted by atomic mass is 10.1. The number of likely N-dealkylation sites (tertiary alicyclic amines) is 1. The quantitative estimate of drug-likeness (QED) is 0.912. The Morgan fingerprint density at radius 1 is 1.32 bits per heavy atom. The van der Waals surface area contributed by atoms with Gasteiger partial charge in [-0.15, -0.1) is 0 Å². The van der Waals surface area contributed by atoms with E-state index in [0.29, 0.717) is 24.2 Å². The van der Waals surface area contributed by atoms with Crippen molar-refractivity contribution in [1.29, 1.82) is 0 Å². The molecule has 1 N–H and O–H groups in total. The van der Waals surface area contributed by atoms with Gasteiger partial charge in [-0.05, 0) is 31.0 Å². The maximum atomic E-state index is 12.3. The summed E-state index contributed by atoms with van der Waals surface area (Å²) in [5.74, 6) is -1.19. The molecule has 1 aromatic carbocycles. The third-order valence-electron chi connectivity index (χ3n) is 3.30. The van der Waals surface area contributed by atoms with Crippen LogP contribution in [0.2, 0.25) is 0 Å². The molecular weight excluding hydrogens is 266 g/mol. The molecule has 98 valence electrons. The molecule has 2 heterocycles. The third-order valence-corrected chi connectivity index (χ3v) is 3.86. The molecule has 19 heavy (non-hydrogen) atoms. The predicted molar refractivity (Wildman–Crippen MR) is 69.7 cm³/mol. The molecule has 1 fully saturated rings. The van der Waals surface area contributed by atoms with Crippen LogP contribution in [0.4, 0.5) is 11.4 Å². The van der Waals surface area contributed by atoms with E-state index >= 15 is 0 Å². The summed E-state index contributed by atoms with van der Waals surface area (Å²) >= 11 is 1.09. The van der Waals surface area contributed by atoms with Crippen LogP contribution in [-0.4, -0.2) is 34.5 Å². The number of hydrogen-bond donors (Lipinski definition) is 1. The second kappa shape index (κ2) is 4.58. The van der Waals surface area contributed by atoms with Gasteiger partial charge in [-0.2, -0.15) is 8.73 Å². The topological polar surface area (TPSA) is 82.3 Å². The normalized spacial score (nSPS) is 20.2. The van der Waals surface area contributed by atoms with E-state index < -0.39 is 12.0 Å². The minimum Gasteiger partial charge on any atom is -0.480 e. The molecule has 1 amide bonds. The molecule has 2 aliphatic heterocycles. The minimum atomic E-state index is -0.942. The zero-order chi connectivity index (χ0) is 13.4. The Morgan fingerprint density at radius 2 is 2.11 bits per heavy atom. The standard InChI is InChI=1S/C12H11N3O3S/c16-11(15-5-1-2-10(15)12(17)18)7-3-4-8-9(6-7)14-19-13-8/h3-4,6,10H,1-2,5H2,(H,17,18)/t10-/m1/s1. The molecule has 1 aromatic rings. The van der Waals surface area contributed by atoms with Crippen molar-refractivity contribution in [2.24, 2.45) is 8.73 Å². The molecule has 6 nitrogen and oxygen atoms in total. The Kier molecular flexibility index (Phi) is 2.90. The second-order valence-corrected chi connectivity index (χ2v) is 4.99. The SMILES string of the molecule is O=C(O)[C@H]1CCCN1C(=O)c1ccc2c(c1)N=S=N2. The van der Waals surface area contributed by atoms with E-state index in [-0.39, 0.29) is 5.91 Å². The van der Waals surface area contributed by atoms with E-state index in [2.05, 4.69) is 8.73 Å². The molecule has 0 unspecified atom stereocenters. The summed E-state index contributed by atoms with van der Waals surface area (Å²) in [6.07, 6.45) is 1.24. The van der Waals surface area contributed by atoms with E-state index in [1.807, 2.05) is 0 Å². The molecule has 1 atom stereocenters. The lowest BCUT2D eigenvalue weighted by Gasteiger charge is -2.21. The molecule has 0 aliphatic carbocycles. The lowest BCUT2D eigenvalue weighted by molar-refractivity contribution is -0.141. The van der Waals surface area contributed by atoms with Gasteiger partial charge < -0.3 is 10.0 Å². The van der Waals surface area contributed by atoms with Crippen molar-refractivity contribution in [2.75, 3.05) is 6.54 Å². The first-order chi connectivity index (χ1) is 9.16. The Hall–Kier alpha value is -2.02. The van der Waals surface area contributed by atoms with E-state index in [0.717, 1.165) is 23.5 Å². The first-order valence-electron chi connectivity index (χ1n) is 5.93. The van der Waals surface area contributed by atoms with Crippen LogP contribution in [0.3, 0.4) is 0 Å². The van der Waals surface area contributed by atoms with Crippen molar-refractivity contribution in [3.63, 3.8) is 0 Å². The van der Waals surface area contributed by atoms with Crippen LogP contribution in [0.5, 0.6) is 0 Å². The zero-order valence-electron chi connectivity index (χ0n) is 9.94. The van der Waals surface area contributed by atoms with Gasteiger partial charge in [0.05, 0.1) is 11.4 Å². The van der Waals surface area contributed by atoms with Crippen molar-refractivity contribution in [3.05, 3.63) is 23.8 Å². The highest BCUT2D eigenvalue weighted by Crippen LogP contribution is 2.33. The Balaban J connectivity index is 1.88. The van der Waals surface area contributed by atoms with Crippen molar-refractivity contribution < 1.29 is 14.7 Å². The van der Waals surface area contributed by atoms with Crippen molar-refractivity contribution in [1.82, 2.24) is 4.90 Å². The number of carboxylic acids is 1. The first-order valence-corrected chi connectivity index (χ1v) is 6.66. The van der Waals surface area contributed by atoms with Gasteiger partial charge >= 0.3 is 5.97 Å². The number of nitrogens with zero attached hydrogens (tertiary/aromatic N) is 3. The summed E-state index contributed by atoms with van der Waals surface area (Å²) in [5, 5.41) is 9.10. The minimum absolute atomic E-state index is 0.250. The Labute approximate surface area is 112 Å². The van der Waals surface area contributed by atoms with Crippen LogP contribution in [0.25, 0.3) is 0 Å². The van der Waals surface area contributed by atoms with Crippen molar-refractivity contribution >= 4 is 34.6 Å². The maximum Gasteiger partial charge on any atom is 0.326 e. The lowest BCUT2D eigenvalue weighted by Crippen LogP contribution is -2.40. The molecule has 2 aliphatic rings. The van der Waals surface area contributed by atoms with Gasteiger partial charge in [-0.25, -0.2) is 4.79 Å². The van der Waals surface area contributed by atoms with Crippen LogP contribution in [0.1, 0.15) is 23.2 Å². The van der Waals surface area contributed by atoms with Crippen LogP contribution >= 0.6 is 0 Å². The molecule has 0 spiro atoms. The maximum absolute atomic E-state index is 12.3. The van der Waals surface area contributed by atoms with Gasteiger partial charge in [-0.3, -0.25) is 4.79 Å². The van der Waals surface area contributed by atoms with Crippen LogP contribution in [0.15, 0.2) is 26.9 Å². The molecule has 3 rings (SSSR count). The van der Waals surface area contributed by atoms with Gasteiger partial charge in [0.15, 0.2) is 0 Å². The predicted octanol–water partition coefficient (Wildman–Crippen LogP) is 2.10. The number of amides is 1. The molecule has 0 aromatic heterocycles. The monoisotopic (exact) mass is 277 g/mol. The summed E-state index contributed by atoms with van der Waals surface area (Å²) in [7, 11) is 0. The average molecular weight is 277 g/mol. The van der Waals surface area contributed by atoms with Crippen molar-refractivity contribution in [3.8, 4) is 0 Å². The molecule has 0 radical (unpaired) electrons. The Morgan fingerprint density at radius 3 is 2.89 bits per heavy atom. The number of rotatable bonds is 2. The largest absolute Gasteiger partial charge is 0.480 e. The number of carbonyl (C=O) groups excluding carboxylic acids is 1. The highest BCUT2D eigenvalue weighted by atomic mass is 32.1. The van der Waals surface area contributed by atoms with E-state index in [4.69, 9.17) is 5.11 Å². The molecular formula is C12H11N3O3S. The van der Waals surface area contributed by atoms with Crippen LogP contribution in [0, 0.1) is 0 Å². The highest BCUT2D eigenvalue weighted by Gasteiger charge is 2.34. The number of aliphatic carboxylic acids is 1. The van der Waals surface area contributed by atoms with Crippen molar-refractivity contribution in [2.45, 2.75) is 18.9 Å². The van der Waals surface area contributed by atoms with Crippen LogP contribution in [-0.2, 0) is 16.1 Å². The van der Waals surface area contributed by atoms with Crippen LogP contribution < -0.4 is 0 Å². The molecule has 0 bridgehead atoms. The van der Waals surface area contributed by atoms with Gasteiger partial charge in [-0.1, -0.05) is 0 Å². The summed E-state index contributed by atoms with van der Waals surface area (Å²) in [6.45, 7) is 0.489. The second-order valence-electron chi connectivity index (χ2n) is 4.46. The summed E-state index contributed by atoms with van der Waals surface area (Å²) in [5.41, 5.74) is 1.88. The smallest absolute Gasteiger partial charge is 0.326 e. The van der Waals surface area contributed by atoms with Gasteiger partial charge in [0, 0.05) is 12.1 Å². The summed E-state index contributed by atoms with van der Waals surface area (Å²) in [4.78, 5) is 24.9. The number of benzene rings is 1. The number of fused-ring (bicyclic) bond motifs is 1. The number of carboxylic acid groups (broad SMARTS) is 1. The number of hydrogen-bond acceptors (Lipinski definition) is 4. The van der Waals surface area contributed by atoms with E-state index in [1.165, 1.54) is 4.90 Å².